The van der Waals surface area contributed by atoms with Crippen LogP contribution in [-0.4, -0.2) is 40.1 Å². The second-order valence-corrected chi connectivity index (χ2v) is 7.30. The monoisotopic (exact) mass is 387 g/mol. The SMILES string of the molecule is CC1Sc2ccc(C(=O)OCC(=O)NC(=O)c3cccn3C)cc2NC1=O. The minimum absolute atomic E-state index is 0.142. The Bertz CT molecular complexity index is 937. The lowest BCUT2D eigenvalue weighted by Crippen LogP contribution is -2.35. The minimum atomic E-state index is -0.731. The summed E-state index contributed by atoms with van der Waals surface area (Å²) in [5.74, 6) is -2.18. The van der Waals surface area contributed by atoms with Crippen molar-refractivity contribution in [2.24, 2.45) is 7.05 Å². The highest BCUT2D eigenvalue weighted by atomic mass is 32.2. The molecule has 1 unspecified atom stereocenters. The second-order valence-electron chi connectivity index (χ2n) is 5.92. The minimum Gasteiger partial charge on any atom is -0.452 e. The van der Waals surface area contributed by atoms with Crippen molar-refractivity contribution in [1.82, 2.24) is 9.88 Å². The molecule has 2 aromatic rings. The smallest absolute Gasteiger partial charge is 0.338 e. The fourth-order valence-corrected chi connectivity index (χ4v) is 3.40. The molecule has 9 heteroatoms. The van der Waals surface area contributed by atoms with Gasteiger partial charge in [0.15, 0.2) is 6.61 Å². The maximum absolute atomic E-state index is 12.1. The van der Waals surface area contributed by atoms with Crippen molar-refractivity contribution in [2.75, 3.05) is 11.9 Å². The third-order valence-corrected chi connectivity index (χ3v) is 5.09. The van der Waals surface area contributed by atoms with E-state index in [-0.39, 0.29) is 16.7 Å². The predicted molar refractivity (Wildman–Crippen MR) is 98.6 cm³/mol. The first-order chi connectivity index (χ1) is 12.8. The molecule has 1 aliphatic heterocycles. The van der Waals surface area contributed by atoms with E-state index >= 15 is 0 Å². The van der Waals surface area contributed by atoms with Gasteiger partial charge in [0.2, 0.25) is 5.91 Å². The summed E-state index contributed by atoms with van der Waals surface area (Å²) < 4.78 is 6.51. The molecule has 0 saturated carbocycles. The highest BCUT2D eigenvalue weighted by molar-refractivity contribution is 8.00. The molecule has 8 nitrogen and oxygen atoms in total. The van der Waals surface area contributed by atoms with Crippen molar-refractivity contribution in [3.05, 3.63) is 47.8 Å². The number of nitrogens with zero attached hydrogens (tertiary/aromatic N) is 1. The summed E-state index contributed by atoms with van der Waals surface area (Å²) in [6.45, 7) is 1.20. The molecule has 27 heavy (non-hydrogen) atoms. The number of fused-ring (bicyclic) bond motifs is 1. The number of ether oxygens (including phenoxy) is 1. The van der Waals surface area contributed by atoms with Gasteiger partial charge in [-0.15, -0.1) is 11.8 Å². The zero-order valence-corrected chi connectivity index (χ0v) is 15.5. The predicted octanol–water partition coefficient (Wildman–Crippen LogP) is 1.57. The van der Waals surface area contributed by atoms with Crippen LogP contribution in [0.15, 0.2) is 41.4 Å². The number of anilines is 1. The molecule has 0 fully saturated rings. The first-order valence-electron chi connectivity index (χ1n) is 8.09. The van der Waals surface area contributed by atoms with E-state index in [1.54, 1.807) is 49.0 Å². The quantitative estimate of drug-likeness (QED) is 0.772. The zero-order chi connectivity index (χ0) is 19.6. The van der Waals surface area contributed by atoms with Gasteiger partial charge in [-0.05, 0) is 37.3 Å². The average molecular weight is 387 g/mol. The van der Waals surface area contributed by atoms with Crippen LogP contribution < -0.4 is 10.6 Å². The maximum atomic E-state index is 12.1. The number of thioether (sulfide) groups is 1. The summed E-state index contributed by atoms with van der Waals surface area (Å²) in [5, 5.41) is 4.67. The lowest BCUT2D eigenvalue weighted by atomic mass is 10.2. The van der Waals surface area contributed by atoms with Crippen molar-refractivity contribution in [3.63, 3.8) is 0 Å². The molecule has 1 aliphatic rings. The summed E-state index contributed by atoms with van der Waals surface area (Å²) in [7, 11) is 1.67. The molecular weight excluding hydrogens is 370 g/mol. The molecule has 3 rings (SSSR count). The Hall–Kier alpha value is -3.07. The van der Waals surface area contributed by atoms with Gasteiger partial charge < -0.3 is 14.6 Å². The Morgan fingerprint density at radius 1 is 1.30 bits per heavy atom. The number of amides is 3. The number of hydrogen-bond acceptors (Lipinski definition) is 6. The number of aryl methyl sites for hydroxylation is 1. The summed E-state index contributed by atoms with van der Waals surface area (Å²) in [5.41, 5.74) is 1.04. The zero-order valence-electron chi connectivity index (χ0n) is 14.6. The fraction of sp³-hybridized carbons (Fsp3) is 0.222. The van der Waals surface area contributed by atoms with Gasteiger partial charge in [0, 0.05) is 18.1 Å². The standard InChI is InChI=1S/C18H17N3O5S/c1-10-16(23)19-12-8-11(5-6-14(12)27-10)18(25)26-9-15(22)20-17(24)13-4-3-7-21(13)2/h3-8,10H,9H2,1-2H3,(H,19,23)(H,20,22,24). The van der Waals surface area contributed by atoms with E-state index in [2.05, 4.69) is 10.6 Å². The van der Waals surface area contributed by atoms with Crippen molar-refractivity contribution >= 4 is 41.1 Å². The van der Waals surface area contributed by atoms with Crippen LogP contribution in [-0.2, 0) is 21.4 Å². The Labute approximate surface area is 159 Å². The van der Waals surface area contributed by atoms with Crippen LogP contribution in [0.2, 0.25) is 0 Å². The molecule has 0 bridgehead atoms. The van der Waals surface area contributed by atoms with Gasteiger partial charge in [0.05, 0.1) is 16.5 Å². The van der Waals surface area contributed by atoms with E-state index in [1.165, 1.54) is 17.8 Å². The number of imide groups is 1. The highest BCUT2D eigenvalue weighted by Gasteiger charge is 2.24. The van der Waals surface area contributed by atoms with Gasteiger partial charge in [-0.25, -0.2) is 4.79 Å². The van der Waals surface area contributed by atoms with Gasteiger partial charge in [-0.1, -0.05) is 0 Å². The van der Waals surface area contributed by atoms with Crippen LogP contribution in [0.25, 0.3) is 0 Å². The first-order valence-corrected chi connectivity index (χ1v) is 8.97. The van der Waals surface area contributed by atoms with Gasteiger partial charge in [0.25, 0.3) is 11.8 Å². The Kier molecular flexibility index (Phi) is 5.31. The number of hydrogen-bond donors (Lipinski definition) is 2. The molecule has 2 N–H and O–H groups in total. The molecule has 0 radical (unpaired) electrons. The van der Waals surface area contributed by atoms with Gasteiger partial charge in [-0.3, -0.25) is 19.7 Å². The molecule has 1 atom stereocenters. The highest BCUT2D eigenvalue weighted by Crippen LogP contribution is 2.35. The van der Waals surface area contributed by atoms with Crippen molar-refractivity contribution in [2.45, 2.75) is 17.1 Å². The Balaban J connectivity index is 1.57. The number of benzene rings is 1. The topological polar surface area (TPSA) is 106 Å². The van der Waals surface area contributed by atoms with Gasteiger partial charge >= 0.3 is 5.97 Å². The third kappa shape index (κ3) is 4.20. The van der Waals surface area contributed by atoms with Crippen molar-refractivity contribution in [1.29, 1.82) is 0 Å². The molecule has 0 spiro atoms. The lowest BCUT2D eigenvalue weighted by Gasteiger charge is -2.21. The van der Waals surface area contributed by atoms with Crippen molar-refractivity contribution < 1.29 is 23.9 Å². The fourth-order valence-electron chi connectivity index (χ4n) is 2.47. The number of aromatic nitrogens is 1. The third-order valence-electron chi connectivity index (χ3n) is 3.91. The van der Waals surface area contributed by atoms with Gasteiger partial charge in [-0.2, -0.15) is 0 Å². The van der Waals surface area contributed by atoms with E-state index in [0.717, 1.165) is 4.90 Å². The molecular formula is C18H17N3O5S. The number of carbonyl (C=O) groups is 4. The second kappa shape index (κ2) is 7.67. The summed E-state index contributed by atoms with van der Waals surface area (Å²) >= 11 is 1.40. The molecule has 1 aromatic carbocycles. The molecule has 3 amide bonds. The number of esters is 1. The molecule has 1 aromatic heterocycles. The summed E-state index contributed by atoms with van der Waals surface area (Å²) in [6.07, 6.45) is 1.67. The first kappa shape index (κ1) is 18.7. The van der Waals surface area contributed by atoms with E-state index in [0.29, 0.717) is 11.4 Å². The van der Waals surface area contributed by atoms with Gasteiger partial charge in [0.1, 0.15) is 5.69 Å². The molecule has 140 valence electrons. The number of carbonyl (C=O) groups excluding carboxylic acids is 4. The molecule has 0 aliphatic carbocycles. The summed E-state index contributed by atoms with van der Waals surface area (Å²) in [4.78, 5) is 48.5. The molecule has 0 saturated heterocycles. The largest absolute Gasteiger partial charge is 0.452 e. The van der Waals surface area contributed by atoms with Crippen LogP contribution in [0.5, 0.6) is 0 Å². The Morgan fingerprint density at radius 2 is 2.07 bits per heavy atom. The van der Waals surface area contributed by atoms with Crippen molar-refractivity contribution in [3.8, 4) is 0 Å². The van der Waals surface area contributed by atoms with Crippen LogP contribution in [0.3, 0.4) is 0 Å². The van der Waals surface area contributed by atoms with Crippen LogP contribution in [0.4, 0.5) is 5.69 Å². The van der Waals surface area contributed by atoms with Crippen LogP contribution in [0.1, 0.15) is 27.8 Å². The van der Waals surface area contributed by atoms with E-state index < -0.39 is 24.4 Å². The molecule has 2 heterocycles. The summed E-state index contributed by atoms with van der Waals surface area (Å²) in [6, 6.07) is 8.01. The van der Waals surface area contributed by atoms with E-state index in [4.69, 9.17) is 4.74 Å². The van der Waals surface area contributed by atoms with Crippen LogP contribution in [0, 0.1) is 0 Å². The average Bonchev–Trinajstić information content (AvgIpc) is 3.06. The van der Waals surface area contributed by atoms with E-state index in [9.17, 15) is 19.2 Å². The maximum Gasteiger partial charge on any atom is 0.338 e. The normalized spacial score (nSPS) is 15.5. The Morgan fingerprint density at radius 3 is 2.78 bits per heavy atom. The van der Waals surface area contributed by atoms with E-state index in [1.807, 2.05) is 0 Å². The van der Waals surface area contributed by atoms with Crippen LogP contribution >= 0.6 is 11.8 Å². The number of rotatable bonds is 4. The number of nitrogens with one attached hydrogen (secondary N) is 2. The lowest BCUT2D eigenvalue weighted by molar-refractivity contribution is -0.123.